The highest BCUT2D eigenvalue weighted by Crippen LogP contribution is 2.33. The lowest BCUT2D eigenvalue weighted by Crippen LogP contribution is -1.99. The molecule has 4 aromatic rings. The summed E-state index contributed by atoms with van der Waals surface area (Å²) in [5, 5.41) is 18.2. The van der Waals surface area contributed by atoms with Crippen LogP contribution in [0.25, 0.3) is 15.7 Å². The average Bonchev–Trinajstić information content (AvgIpc) is 3.17. The van der Waals surface area contributed by atoms with E-state index in [-0.39, 0.29) is 5.82 Å². The number of hydrogen-bond acceptors (Lipinski definition) is 5. The number of nitrogens with zero attached hydrogens (tertiary/aromatic N) is 6. The smallest absolute Gasteiger partial charge is 0.235 e. The maximum Gasteiger partial charge on any atom is 0.235 e. The van der Waals surface area contributed by atoms with Gasteiger partial charge in [-0.15, -0.1) is 10.2 Å². The Kier molecular flexibility index (Phi) is 3.69. The van der Waals surface area contributed by atoms with Gasteiger partial charge in [0.25, 0.3) is 0 Å². The Labute approximate surface area is 149 Å². The molecule has 1 aromatic carbocycles. The number of rotatable bonds is 3. The van der Waals surface area contributed by atoms with Crippen LogP contribution in [0.15, 0.2) is 28.7 Å². The first-order valence-electron chi connectivity index (χ1n) is 7.18. The van der Waals surface area contributed by atoms with Crippen molar-refractivity contribution in [1.82, 2.24) is 29.6 Å². The van der Waals surface area contributed by atoms with Gasteiger partial charge < -0.3 is 0 Å². The molecule has 0 radical (unpaired) electrons. The van der Waals surface area contributed by atoms with Crippen molar-refractivity contribution in [2.24, 2.45) is 7.05 Å². The number of halogens is 2. The lowest BCUT2D eigenvalue weighted by molar-refractivity contribution is 0.627. The van der Waals surface area contributed by atoms with E-state index in [1.54, 1.807) is 21.3 Å². The zero-order chi connectivity index (χ0) is 16.8. The molecule has 0 unspecified atom stereocenters. The summed E-state index contributed by atoms with van der Waals surface area (Å²) in [7, 11) is 1.88. The summed E-state index contributed by atoms with van der Waals surface area (Å²) in [5.74, 6) is 0.464. The second-order valence-corrected chi connectivity index (χ2v) is 7.14. The molecule has 0 aliphatic rings. The predicted octanol–water partition coefficient (Wildman–Crippen LogP) is 3.39. The standard InChI is InChI=1S/C15H12BrFN6S/c1-8-12(16)13(22(2)20-8)14-21-23-11(18-19-15(23)24-14)7-9-3-5-10(17)6-4-9/h3-6H,7H2,1-2H3. The van der Waals surface area contributed by atoms with Crippen molar-refractivity contribution in [3.63, 3.8) is 0 Å². The number of aromatic nitrogens is 6. The highest BCUT2D eigenvalue weighted by Gasteiger charge is 2.19. The van der Waals surface area contributed by atoms with Crippen molar-refractivity contribution in [1.29, 1.82) is 0 Å². The summed E-state index contributed by atoms with van der Waals surface area (Å²) in [6.07, 6.45) is 0.538. The van der Waals surface area contributed by atoms with E-state index in [1.165, 1.54) is 23.5 Å². The van der Waals surface area contributed by atoms with Crippen molar-refractivity contribution in [2.45, 2.75) is 13.3 Å². The quantitative estimate of drug-likeness (QED) is 0.523. The maximum atomic E-state index is 13.0. The van der Waals surface area contributed by atoms with Crippen LogP contribution >= 0.6 is 27.3 Å². The minimum Gasteiger partial charge on any atom is -0.264 e. The maximum absolute atomic E-state index is 13.0. The van der Waals surface area contributed by atoms with E-state index < -0.39 is 0 Å². The van der Waals surface area contributed by atoms with Crippen LogP contribution in [-0.2, 0) is 13.5 Å². The monoisotopic (exact) mass is 406 g/mol. The third-order valence-corrected chi connectivity index (χ3v) is 5.54. The lowest BCUT2D eigenvalue weighted by Gasteiger charge is -1.99. The van der Waals surface area contributed by atoms with Crippen molar-refractivity contribution >= 4 is 32.2 Å². The Balaban J connectivity index is 1.74. The zero-order valence-electron chi connectivity index (χ0n) is 12.9. The van der Waals surface area contributed by atoms with Crippen LogP contribution in [0.4, 0.5) is 4.39 Å². The van der Waals surface area contributed by atoms with E-state index in [0.717, 1.165) is 26.4 Å². The first-order chi connectivity index (χ1) is 11.5. The van der Waals surface area contributed by atoms with Gasteiger partial charge in [0.15, 0.2) is 10.8 Å². The molecule has 0 saturated heterocycles. The molecule has 0 atom stereocenters. The van der Waals surface area contributed by atoms with Gasteiger partial charge in [-0.05, 0) is 40.5 Å². The molecule has 0 aliphatic carbocycles. The molecule has 0 N–H and O–H groups in total. The lowest BCUT2D eigenvalue weighted by atomic mass is 10.1. The van der Waals surface area contributed by atoms with Gasteiger partial charge in [0.05, 0.1) is 10.2 Å². The molecule has 122 valence electrons. The third-order valence-electron chi connectivity index (χ3n) is 3.68. The highest BCUT2D eigenvalue weighted by atomic mass is 79.9. The molecule has 0 saturated carbocycles. The Hall–Kier alpha value is -2.13. The van der Waals surface area contributed by atoms with E-state index >= 15 is 0 Å². The molecule has 0 aliphatic heterocycles. The van der Waals surface area contributed by atoms with Crippen LogP contribution < -0.4 is 0 Å². The summed E-state index contributed by atoms with van der Waals surface area (Å²) in [5.41, 5.74) is 2.78. The Morgan fingerprint density at radius 2 is 1.92 bits per heavy atom. The van der Waals surface area contributed by atoms with Gasteiger partial charge >= 0.3 is 0 Å². The van der Waals surface area contributed by atoms with Gasteiger partial charge in [0.1, 0.15) is 11.5 Å². The molecule has 3 aromatic heterocycles. The fourth-order valence-electron chi connectivity index (χ4n) is 2.51. The normalized spacial score (nSPS) is 11.5. The number of aryl methyl sites for hydroxylation is 2. The minimum absolute atomic E-state index is 0.252. The molecule has 4 rings (SSSR count). The highest BCUT2D eigenvalue weighted by molar-refractivity contribution is 9.10. The van der Waals surface area contributed by atoms with E-state index in [1.807, 2.05) is 14.0 Å². The first-order valence-corrected chi connectivity index (χ1v) is 8.79. The van der Waals surface area contributed by atoms with E-state index in [4.69, 9.17) is 0 Å². The van der Waals surface area contributed by atoms with Crippen LogP contribution in [0.3, 0.4) is 0 Å². The molecule has 6 nitrogen and oxygen atoms in total. The van der Waals surface area contributed by atoms with Crippen LogP contribution in [0, 0.1) is 12.7 Å². The van der Waals surface area contributed by atoms with Crippen molar-refractivity contribution in [2.75, 3.05) is 0 Å². The van der Waals surface area contributed by atoms with Gasteiger partial charge in [-0.3, -0.25) is 4.68 Å². The number of fused-ring (bicyclic) bond motifs is 1. The zero-order valence-corrected chi connectivity index (χ0v) is 15.3. The molecular weight excluding hydrogens is 395 g/mol. The van der Waals surface area contributed by atoms with Crippen molar-refractivity contribution < 1.29 is 4.39 Å². The SMILES string of the molecule is Cc1nn(C)c(-c2nn3c(Cc4ccc(F)cc4)nnc3s2)c1Br. The Bertz CT molecular complexity index is 1030. The summed E-state index contributed by atoms with van der Waals surface area (Å²) >= 11 is 5.02. The van der Waals surface area contributed by atoms with Gasteiger partial charge in [-0.1, -0.05) is 23.5 Å². The average molecular weight is 407 g/mol. The van der Waals surface area contributed by atoms with Crippen LogP contribution in [0.1, 0.15) is 17.1 Å². The molecule has 0 amide bonds. The molecular formula is C15H12BrFN6S. The largest absolute Gasteiger partial charge is 0.264 e. The summed E-state index contributed by atoms with van der Waals surface area (Å²) in [4.78, 5) is 0.716. The molecule has 0 bridgehead atoms. The van der Waals surface area contributed by atoms with Crippen molar-refractivity contribution in [3.8, 4) is 10.7 Å². The number of benzene rings is 1. The van der Waals surface area contributed by atoms with Crippen LogP contribution in [0.5, 0.6) is 0 Å². The minimum atomic E-state index is -0.252. The summed E-state index contributed by atoms with van der Waals surface area (Å²) < 4.78 is 17.5. The molecule has 24 heavy (non-hydrogen) atoms. The fraction of sp³-hybridized carbons (Fsp3) is 0.200. The van der Waals surface area contributed by atoms with E-state index in [2.05, 4.69) is 36.3 Å². The first kappa shape index (κ1) is 15.4. The Morgan fingerprint density at radius 1 is 1.17 bits per heavy atom. The second kappa shape index (κ2) is 5.75. The summed E-state index contributed by atoms with van der Waals surface area (Å²) in [6, 6.07) is 6.36. The second-order valence-electron chi connectivity index (χ2n) is 5.39. The number of hydrogen-bond donors (Lipinski definition) is 0. The van der Waals surface area contributed by atoms with Crippen molar-refractivity contribution in [3.05, 3.63) is 51.6 Å². The van der Waals surface area contributed by atoms with Gasteiger partial charge in [-0.25, -0.2) is 4.39 Å². The van der Waals surface area contributed by atoms with E-state index in [9.17, 15) is 4.39 Å². The Morgan fingerprint density at radius 3 is 2.58 bits per heavy atom. The van der Waals surface area contributed by atoms with Gasteiger partial charge in [0.2, 0.25) is 4.96 Å². The molecule has 3 heterocycles. The van der Waals surface area contributed by atoms with Gasteiger partial charge in [0, 0.05) is 13.5 Å². The van der Waals surface area contributed by atoms with Crippen LogP contribution in [-0.4, -0.2) is 29.6 Å². The third kappa shape index (κ3) is 2.53. The topological polar surface area (TPSA) is 60.9 Å². The predicted molar refractivity (Wildman–Crippen MR) is 92.5 cm³/mol. The summed E-state index contributed by atoms with van der Waals surface area (Å²) in [6.45, 7) is 1.94. The molecule has 9 heteroatoms. The van der Waals surface area contributed by atoms with E-state index in [0.29, 0.717) is 17.2 Å². The van der Waals surface area contributed by atoms with Gasteiger partial charge in [-0.2, -0.15) is 14.7 Å². The fourth-order valence-corrected chi connectivity index (χ4v) is 4.11. The van der Waals surface area contributed by atoms with Crippen LogP contribution in [0.2, 0.25) is 0 Å². The molecule has 0 spiro atoms. The molecule has 0 fully saturated rings.